The minimum atomic E-state index is -0.774. The molecule has 2 amide bonds. The van der Waals surface area contributed by atoms with Crippen molar-refractivity contribution in [2.24, 2.45) is 11.8 Å². The Kier molecular flexibility index (Phi) is 5.65. The van der Waals surface area contributed by atoms with E-state index in [9.17, 15) is 9.59 Å². The standard InChI is InChI=1S/C21H28N2O6/c1-26-15-7-6-12(8-16(15)27-2)18-20(29-11-17(24)22-18)21(25)23-9-13-4-5-14(10-23)19(13)28-3/h6-8,13-14,18-20H,4-5,9-11H2,1-3H3,(H,22,24)/t13-,14+,18-,19?,20+/m1/s1. The van der Waals surface area contributed by atoms with Crippen LogP contribution in [0.15, 0.2) is 18.2 Å². The molecule has 4 rings (SSSR count). The zero-order chi connectivity index (χ0) is 20.5. The zero-order valence-electron chi connectivity index (χ0n) is 17.1. The number of rotatable bonds is 5. The minimum Gasteiger partial charge on any atom is -0.493 e. The van der Waals surface area contributed by atoms with Crippen LogP contribution in [-0.4, -0.2) is 69.9 Å². The highest BCUT2D eigenvalue weighted by molar-refractivity contribution is 5.86. The molecular formula is C21H28N2O6. The third-order valence-electron chi connectivity index (χ3n) is 6.35. The van der Waals surface area contributed by atoms with Crippen molar-refractivity contribution in [1.82, 2.24) is 10.2 Å². The van der Waals surface area contributed by atoms with Crippen LogP contribution in [-0.2, 0) is 19.1 Å². The highest BCUT2D eigenvalue weighted by atomic mass is 16.5. The predicted molar refractivity (Wildman–Crippen MR) is 104 cm³/mol. The van der Waals surface area contributed by atoms with Crippen molar-refractivity contribution in [3.63, 3.8) is 0 Å². The molecule has 2 bridgehead atoms. The first kappa shape index (κ1) is 20.0. The van der Waals surface area contributed by atoms with E-state index in [1.807, 2.05) is 11.0 Å². The first-order valence-electron chi connectivity index (χ1n) is 10.00. The molecule has 1 unspecified atom stereocenters. The topological polar surface area (TPSA) is 86.3 Å². The van der Waals surface area contributed by atoms with E-state index in [0.29, 0.717) is 36.4 Å². The van der Waals surface area contributed by atoms with Crippen LogP contribution in [0.3, 0.4) is 0 Å². The summed E-state index contributed by atoms with van der Waals surface area (Å²) in [5, 5.41) is 2.92. The lowest BCUT2D eigenvalue weighted by atomic mass is 9.92. The van der Waals surface area contributed by atoms with Crippen molar-refractivity contribution in [3.05, 3.63) is 23.8 Å². The van der Waals surface area contributed by atoms with E-state index in [1.165, 1.54) is 0 Å². The van der Waals surface area contributed by atoms with Gasteiger partial charge in [0.25, 0.3) is 5.91 Å². The number of carbonyl (C=O) groups is 2. The van der Waals surface area contributed by atoms with Crippen molar-refractivity contribution in [1.29, 1.82) is 0 Å². The molecule has 0 spiro atoms. The molecule has 2 heterocycles. The van der Waals surface area contributed by atoms with Gasteiger partial charge in [-0.1, -0.05) is 6.07 Å². The second-order valence-corrected chi connectivity index (χ2v) is 7.93. The number of nitrogens with one attached hydrogen (secondary N) is 1. The average Bonchev–Trinajstić information content (AvgIpc) is 3.00. The van der Waals surface area contributed by atoms with Gasteiger partial charge in [0.05, 0.1) is 26.4 Å². The molecule has 29 heavy (non-hydrogen) atoms. The van der Waals surface area contributed by atoms with E-state index in [2.05, 4.69) is 5.32 Å². The van der Waals surface area contributed by atoms with Gasteiger partial charge in [-0.2, -0.15) is 0 Å². The summed E-state index contributed by atoms with van der Waals surface area (Å²) in [5.74, 6) is 1.51. The van der Waals surface area contributed by atoms with Crippen LogP contribution in [0, 0.1) is 11.8 Å². The quantitative estimate of drug-likeness (QED) is 0.792. The molecule has 8 nitrogen and oxygen atoms in total. The van der Waals surface area contributed by atoms with Gasteiger partial charge in [0.2, 0.25) is 5.91 Å². The summed E-state index contributed by atoms with van der Waals surface area (Å²) in [5.41, 5.74) is 0.740. The minimum absolute atomic E-state index is 0.0868. The lowest BCUT2D eigenvalue weighted by molar-refractivity contribution is -0.158. The van der Waals surface area contributed by atoms with Crippen molar-refractivity contribution in [3.8, 4) is 11.5 Å². The molecular weight excluding hydrogens is 376 g/mol. The summed E-state index contributed by atoms with van der Waals surface area (Å²) in [6, 6.07) is 4.78. The molecule has 0 radical (unpaired) electrons. The molecule has 2 saturated heterocycles. The molecule has 3 fully saturated rings. The SMILES string of the molecule is COc1ccc([C@H]2NC(=O)CO[C@@H]2C(=O)N2C[C@H]3CC[C@@H](C2)C3OC)cc1OC. The number of morpholine rings is 1. The molecule has 1 N–H and O–H groups in total. The Balaban J connectivity index is 1.57. The molecule has 5 atom stereocenters. The predicted octanol–water partition coefficient (Wildman–Crippen LogP) is 1.14. The number of methoxy groups -OCH3 is 3. The summed E-state index contributed by atoms with van der Waals surface area (Å²) in [7, 11) is 4.86. The largest absolute Gasteiger partial charge is 0.493 e. The number of carbonyl (C=O) groups excluding carboxylic acids is 2. The van der Waals surface area contributed by atoms with Crippen molar-refractivity contribution in [2.75, 3.05) is 41.0 Å². The Labute approximate surface area is 170 Å². The first-order valence-corrected chi connectivity index (χ1v) is 10.00. The molecule has 3 aliphatic rings. The summed E-state index contributed by atoms with van der Waals surface area (Å²) in [6.45, 7) is 1.21. The van der Waals surface area contributed by atoms with Gasteiger partial charge < -0.3 is 29.2 Å². The highest BCUT2D eigenvalue weighted by Crippen LogP contribution is 2.40. The maximum Gasteiger partial charge on any atom is 0.254 e. The van der Waals surface area contributed by atoms with E-state index in [1.54, 1.807) is 33.5 Å². The zero-order valence-corrected chi connectivity index (χ0v) is 17.1. The van der Waals surface area contributed by atoms with Gasteiger partial charge in [-0.05, 0) is 30.5 Å². The molecule has 1 aromatic carbocycles. The fraction of sp³-hybridized carbons (Fsp3) is 0.619. The number of ether oxygens (including phenoxy) is 4. The van der Waals surface area contributed by atoms with Gasteiger partial charge in [-0.15, -0.1) is 0 Å². The van der Waals surface area contributed by atoms with Gasteiger partial charge >= 0.3 is 0 Å². The molecule has 158 valence electrons. The third-order valence-corrected chi connectivity index (χ3v) is 6.35. The number of piperidine rings is 1. The summed E-state index contributed by atoms with van der Waals surface area (Å²) in [6.07, 6.45) is 1.61. The summed E-state index contributed by atoms with van der Waals surface area (Å²) < 4.78 is 22.1. The smallest absolute Gasteiger partial charge is 0.254 e. The number of nitrogens with zero attached hydrogens (tertiary/aromatic N) is 1. The van der Waals surface area contributed by atoms with Crippen LogP contribution in [0.5, 0.6) is 11.5 Å². The van der Waals surface area contributed by atoms with E-state index in [0.717, 1.165) is 18.4 Å². The van der Waals surface area contributed by atoms with Gasteiger partial charge in [0.1, 0.15) is 6.61 Å². The molecule has 0 aromatic heterocycles. The molecule has 1 aliphatic carbocycles. The second kappa shape index (κ2) is 8.20. The fourth-order valence-corrected chi connectivity index (χ4v) is 4.99. The molecule has 1 aromatic rings. The van der Waals surface area contributed by atoms with E-state index < -0.39 is 12.1 Å². The summed E-state index contributed by atoms with van der Waals surface area (Å²) >= 11 is 0. The maximum absolute atomic E-state index is 13.4. The Morgan fingerprint density at radius 2 is 1.79 bits per heavy atom. The lowest BCUT2D eigenvalue weighted by Gasteiger charge is -2.41. The molecule has 2 aliphatic heterocycles. The number of amides is 2. The Morgan fingerprint density at radius 3 is 2.41 bits per heavy atom. The number of hydrogen-bond acceptors (Lipinski definition) is 6. The lowest BCUT2D eigenvalue weighted by Crippen LogP contribution is -2.56. The number of hydrogen-bond donors (Lipinski definition) is 1. The second-order valence-electron chi connectivity index (χ2n) is 7.93. The van der Waals surface area contributed by atoms with Gasteiger partial charge in [-0.25, -0.2) is 0 Å². The van der Waals surface area contributed by atoms with Gasteiger partial charge in [-0.3, -0.25) is 9.59 Å². The molecule has 8 heteroatoms. The maximum atomic E-state index is 13.4. The normalized spacial score (nSPS) is 31.3. The number of benzene rings is 1. The molecule has 1 saturated carbocycles. The van der Waals surface area contributed by atoms with Crippen LogP contribution in [0.4, 0.5) is 0 Å². The van der Waals surface area contributed by atoms with E-state index >= 15 is 0 Å². The van der Waals surface area contributed by atoms with Crippen LogP contribution >= 0.6 is 0 Å². The van der Waals surface area contributed by atoms with Gasteiger partial charge in [0.15, 0.2) is 17.6 Å². The number of likely N-dealkylation sites (tertiary alicyclic amines) is 1. The summed E-state index contributed by atoms with van der Waals surface area (Å²) in [4.78, 5) is 27.3. The van der Waals surface area contributed by atoms with Crippen molar-refractivity contribution >= 4 is 11.8 Å². The monoisotopic (exact) mass is 404 g/mol. The Hall–Kier alpha value is -2.32. The van der Waals surface area contributed by atoms with Crippen LogP contribution < -0.4 is 14.8 Å². The Morgan fingerprint density at radius 1 is 1.10 bits per heavy atom. The highest BCUT2D eigenvalue weighted by Gasteiger charge is 2.46. The Bertz CT molecular complexity index is 770. The van der Waals surface area contributed by atoms with Crippen LogP contribution in [0.1, 0.15) is 24.4 Å². The average molecular weight is 404 g/mol. The first-order chi connectivity index (χ1) is 14.0. The fourth-order valence-electron chi connectivity index (χ4n) is 4.99. The van der Waals surface area contributed by atoms with Crippen LogP contribution in [0.2, 0.25) is 0 Å². The van der Waals surface area contributed by atoms with E-state index in [-0.39, 0.29) is 24.5 Å². The van der Waals surface area contributed by atoms with Crippen molar-refractivity contribution in [2.45, 2.75) is 31.1 Å². The third kappa shape index (κ3) is 3.67. The van der Waals surface area contributed by atoms with E-state index in [4.69, 9.17) is 18.9 Å². The van der Waals surface area contributed by atoms with Gasteiger partial charge in [0, 0.05) is 32.0 Å². The van der Waals surface area contributed by atoms with Crippen molar-refractivity contribution < 1.29 is 28.5 Å². The number of fused-ring (bicyclic) bond motifs is 2. The van der Waals surface area contributed by atoms with Crippen LogP contribution in [0.25, 0.3) is 0 Å².